The molecule has 70 valence electrons. The van der Waals surface area contributed by atoms with Crippen molar-refractivity contribution < 1.29 is 4.74 Å². The highest BCUT2D eigenvalue weighted by Crippen LogP contribution is 2.42. The molecule has 1 aliphatic rings. The van der Waals surface area contributed by atoms with E-state index in [1.54, 1.807) is 0 Å². The molecule has 1 aliphatic carbocycles. The largest absolute Gasteiger partial charge is 0.477 e. The highest BCUT2D eigenvalue weighted by molar-refractivity contribution is 5.34. The summed E-state index contributed by atoms with van der Waals surface area (Å²) in [5, 5.41) is 0. The van der Waals surface area contributed by atoms with Gasteiger partial charge in [-0.15, -0.1) is 0 Å². The average molecular weight is 179 g/mol. The molecule has 13 heavy (non-hydrogen) atoms. The molecule has 1 aromatic rings. The average Bonchev–Trinajstić information content (AvgIpc) is 2.91. The molecule has 0 radical (unpaired) electrons. The quantitative estimate of drug-likeness (QED) is 0.760. The lowest BCUT2D eigenvalue weighted by molar-refractivity contribution is 0.321. The number of nitrogens with two attached hydrogens (primary N) is 1. The molecule has 0 unspecified atom stereocenters. The van der Waals surface area contributed by atoms with Crippen LogP contribution in [0.3, 0.4) is 0 Å². The Morgan fingerprint density at radius 1 is 1.62 bits per heavy atom. The lowest BCUT2D eigenvalue weighted by Crippen LogP contribution is -2.03. The van der Waals surface area contributed by atoms with E-state index >= 15 is 0 Å². The molecule has 0 bridgehead atoms. The summed E-state index contributed by atoms with van der Waals surface area (Å²) in [4.78, 5) is 8.36. The van der Waals surface area contributed by atoms with Gasteiger partial charge in [0.25, 0.3) is 0 Å². The summed E-state index contributed by atoms with van der Waals surface area (Å²) in [6.07, 6.45) is 3.90. The standard InChI is InChI=1S/C9H13N3O/c1-2-13-9-8(6-3-4-6)12-7(10)5-11-9/h5-6H,2-4H2,1H3,(H2,10,12). The molecule has 1 saturated carbocycles. The van der Waals surface area contributed by atoms with E-state index in [0.717, 1.165) is 5.69 Å². The summed E-state index contributed by atoms with van der Waals surface area (Å²) in [5.74, 6) is 1.65. The van der Waals surface area contributed by atoms with Crippen LogP contribution in [0, 0.1) is 0 Å². The van der Waals surface area contributed by atoms with Crippen LogP contribution in [-0.4, -0.2) is 16.6 Å². The Kier molecular flexibility index (Phi) is 2.04. The van der Waals surface area contributed by atoms with Crippen molar-refractivity contribution in [1.82, 2.24) is 9.97 Å². The second kappa shape index (κ2) is 3.20. The van der Waals surface area contributed by atoms with Crippen molar-refractivity contribution in [3.63, 3.8) is 0 Å². The number of aromatic nitrogens is 2. The second-order valence-electron chi connectivity index (χ2n) is 3.19. The van der Waals surface area contributed by atoms with E-state index < -0.39 is 0 Å². The first-order valence-electron chi connectivity index (χ1n) is 4.56. The smallest absolute Gasteiger partial charge is 0.236 e. The van der Waals surface area contributed by atoms with E-state index in [0.29, 0.717) is 24.2 Å². The lowest BCUT2D eigenvalue weighted by atomic mass is 10.3. The predicted molar refractivity (Wildman–Crippen MR) is 49.6 cm³/mol. The van der Waals surface area contributed by atoms with E-state index in [2.05, 4.69) is 9.97 Å². The first-order chi connectivity index (χ1) is 6.31. The lowest BCUT2D eigenvalue weighted by Gasteiger charge is -2.06. The summed E-state index contributed by atoms with van der Waals surface area (Å²) >= 11 is 0. The zero-order valence-electron chi connectivity index (χ0n) is 7.66. The van der Waals surface area contributed by atoms with Gasteiger partial charge in [-0.2, -0.15) is 0 Å². The molecule has 4 nitrogen and oxygen atoms in total. The molecule has 1 heterocycles. The van der Waals surface area contributed by atoms with Crippen LogP contribution in [0.2, 0.25) is 0 Å². The van der Waals surface area contributed by atoms with Crippen molar-refractivity contribution in [2.24, 2.45) is 0 Å². The Labute approximate surface area is 77.1 Å². The fourth-order valence-corrected chi connectivity index (χ4v) is 1.28. The minimum absolute atomic E-state index is 0.477. The molecular formula is C9H13N3O. The van der Waals surface area contributed by atoms with E-state index in [4.69, 9.17) is 10.5 Å². The van der Waals surface area contributed by atoms with Gasteiger partial charge in [0.05, 0.1) is 12.8 Å². The molecular weight excluding hydrogens is 166 g/mol. The number of nitrogens with zero attached hydrogens (tertiary/aromatic N) is 2. The molecule has 0 amide bonds. The Morgan fingerprint density at radius 2 is 2.38 bits per heavy atom. The Hall–Kier alpha value is -1.32. The Morgan fingerprint density at radius 3 is 3.00 bits per heavy atom. The number of anilines is 1. The third-order valence-electron chi connectivity index (χ3n) is 2.03. The van der Waals surface area contributed by atoms with Gasteiger partial charge in [-0.3, -0.25) is 0 Å². The number of hydrogen-bond donors (Lipinski definition) is 1. The molecule has 1 fully saturated rings. The summed E-state index contributed by atoms with van der Waals surface area (Å²) in [6, 6.07) is 0. The molecule has 2 N–H and O–H groups in total. The highest BCUT2D eigenvalue weighted by atomic mass is 16.5. The molecule has 0 saturated heterocycles. The van der Waals surface area contributed by atoms with Gasteiger partial charge in [-0.05, 0) is 19.8 Å². The molecule has 1 aromatic heterocycles. The van der Waals surface area contributed by atoms with Crippen LogP contribution in [0.1, 0.15) is 31.4 Å². The number of hydrogen-bond acceptors (Lipinski definition) is 4. The zero-order chi connectivity index (χ0) is 9.26. The predicted octanol–water partition coefficient (Wildman–Crippen LogP) is 1.33. The monoisotopic (exact) mass is 179 g/mol. The maximum Gasteiger partial charge on any atom is 0.236 e. The SMILES string of the molecule is CCOc1ncc(N)nc1C1CC1. The van der Waals surface area contributed by atoms with Crippen molar-refractivity contribution in [3.8, 4) is 5.88 Å². The number of rotatable bonds is 3. The number of ether oxygens (including phenoxy) is 1. The molecule has 0 aromatic carbocycles. The van der Waals surface area contributed by atoms with E-state index in [1.165, 1.54) is 19.0 Å². The second-order valence-corrected chi connectivity index (χ2v) is 3.19. The van der Waals surface area contributed by atoms with Gasteiger partial charge in [-0.25, -0.2) is 9.97 Å². The first kappa shape index (κ1) is 8.29. The molecule has 4 heteroatoms. The van der Waals surface area contributed by atoms with Crippen LogP contribution in [0.4, 0.5) is 5.82 Å². The van der Waals surface area contributed by atoms with Gasteiger partial charge in [0.2, 0.25) is 5.88 Å². The van der Waals surface area contributed by atoms with Gasteiger partial charge in [0, 0.05) is 5.92 Å². The minimum atomic E-state index is 0.477. The zero-order valence-corrected chi connectivity index (χ0v) is 7.66. The van der Waals surface area contributed by atoms with E-state index in [9.17, 15) is 0 Å². The summed E-state index contributed by atoms with van der Waals surface area (Å²) in [7, 11) is 0. The minimum Gasteiger partial charge on any atom is -0.477 e. The Balaban J connectivity index is 2.30. The van der Waals surface area contributed by atoms with Crippen molar-refractivity contribution >= 4 is 5.82 Å². The van der Waals surface area contributed by atoms with Gasteiger partial charge in [-0.1, -0.05) is 0 Å². The van der Waals surface area contributed by atoms with Crippen LogP contribution in [0.15, 0.2) is 6.20 Å². The number of nitrogen functional groups attached to an aromatic ring is 1. The van der Waals surface area contributed by atoms with Crippen LogP contribution in [0.5, 0.6) is 5.88 Å². The normalized spacial score (nSPS) is 15.8. The van der Waals surface area contributed by atoms with Crippen molar-refractivity contribution in [3.05, 3.63) is 11.9 Å². The van der Waals surface area contributed by atoms with Crippen molar-refractivity contribution in [2.75, 3.05) is 12.3 Å². The van der Waals surface area contributed by atoms with Gasteiger partial charge in [0.1, 0.15) is 11.5 Å². The maximum atomic E-state index is 5.56. The third-order valence-corrected chi connectivity index (χ3v) is 2.03. The van der Waals surface area contributed by atoms with Gasteiger partial charge < -0.3 is 10.5 Å². The van der Waals surface area contributed by atoms with Crippen LogP contribution < -0.4 is 10.5 Å². The topological polar surface area (TPSA) is 61.0 Å². The Bertz CT molecular complexity index is 310. The van der Waals surface area contributed by atoms with Crippen LogP contribution in [-0.2, 0) is 0 Å². The molecule has 0 spiro atoms. The van der Waals surface area contributed by atoms with E-state index in [1.807, 2.05) is 6.92 Å². The maximum absolute atomic E-state index is 5.56. The first-order valence-corrected chi connectivity index (χ1v) is 4.56. The van der Waals surface area contributed by atoms with Crippen LogP contribution >= 0.6 is 0 Å². The fraction of sp³-hybridized carbons (Fsp3) is 0.556. The summed E-state index contributed by atoms with van der Waals surface area (Å²) in [5.41, 5.74) is 6.49. The highest BCUT2D eigenvalue weighted by Gasteiger charge is 2.29. The third kappa shape index (κ3) is 1.71. The molecule has 2 rings (SSSR count). The summed E-state index contributed by atoms with van der Waals surface area (Å²) in [6.45, 7) is 2.56. The fourth-order valence-electron chi connectivity index (χ4n) is 1.28. The van der Waals surface area contributed by atoms with Crippen molar-refractivity contribution in [2.45, 2.75) is 25.7 Å². The molecule has 0 atom stereocenters. The van der Waals surface area contributed by atoms with Crippen LogP contribution in [0.25, 0.3) is 0 Å². The summed E-state index contributed by atoms with van der Waals surface area (Å²) < 4.78 is 5.36. The molecule has 0 aliphatic heterocycles. The van der Waals surface area contributed by atoms with Crippen molar-refractivity contribution in [1.29, 1.82) is 0 Å². The van der Waals surface area contributed by atoms with Gasteiger partial charge >= 0.3 is 0 Å². The van der Waals surface area contributed by atoms with E-state index in [-0.39, 0.29) is 0 Å². The van der Waals surface area contributed by atoms with Gasteiger partial charge in [0.15, 0.2) is 0 Å².